The lowest BCUT2D eigenvalue weighted by Crippen LogP contribution is -1.99. The zero-order valence-corrected chi connectivity index (χ0v) is 9.82. The van der Waals surface area contributed by atoms with Gasteiger partial charge < -0.3 is 5.73 Å². The summed E-state index contributed by atoms with van der Waals surface area (Å²) in [7, 11) is 0. The van der Waals surface area contributed by atoms with Gasteiger partial charge in [0.05, 0.1) is 5.02 Å². The molecule has 0 atom stereocenters. The second kappa shape index (κ2) is 5.27. The van der Waals surface area contributed by atoms with Crippen molar-refractivity contribution in [3.8, 4) is 0 Å². The maximum Gasteiger partial charge on any atom is 0.160 e. The average Bonchev–Trinajstić information content (AvgIpc) is 2.67. The van der Waals surface area contributed by atoms with Crippen LogP contribution in [0.1, 0.15) is 25.1 Å². The quantitative estimate of drug-likeness (QED) is 0.812. The monoisotopic (exact) mass is 238 g/mol. The van der Waals surface area contributed by atoms with Crippen LogP contribution in [0.15, 0.2) is 18.3 Å². The lowest BCUT2D eigenvalue weighted by molar-refractivity contribution is 0.665. The predicted octanol–water partition coefficient (Wildman–Crippen LogP) is 2.05. The van der Waals surface area contributed by atoms with Crippen molar-refractivity contribution in [2.24, 2.45) is 5.73 Å². The summed E-state index contributed by atoms with van der Waals surface area (Å²) in [5, 5.41) is 8.95. The van der Waals surface area contributed by atoms with Crippen LogP contribution in [0.2, 0.25) is 5.02 Å². The van der Waals surface area contributed by atoms with Crippen LogP contribution >= 0.6 is 11.6 Å². The van der Waals surface area contributed by atoms with E-state index in [1.807, 2.05) is 22.7 Å². The fourth-order valence-corrected chi connectivity index (χ4v) is 1.85. The molecule has 2 rings (SSSR count). The van der Waals surface area contributed by atoms with Gasteiger partial charge in [0.15, 0.2) is 5.65 Å². The number of halogens is 1. The molecular formula is C11H15ClN4. The maximum atomic E-state index is 5.94. The minimum absolute atomic E-state index is 0.704. The molecule has 0 aliphatic rings. The van der Waals surface area contributed by atoms with E-state index in [0.717, 1.165) is 43.7 Å². The van der Waals surface area contributed by atoms with Gasteiger partial charge in [0.1, 0.15) is 5.82 Å². The SMILES string of the molecule is NCCCCCc1nnc2ccc(Cl)cn12. The molecule has 2 aromatic rings. The predicted molar refractivity (Wildman–Crippen MR) is 64.6 cm³/mol. The van der Waals surface area contributed by atoms with Crippen LogP contribution in [-0.2, 0) is 6.42 Å². The Morgan fingerprint density at radius 3 is 2.88 bits per heavy atom. The number of unbranched alkanes of at least 4 members (excludes halogenated alkanes) is 2. The van der Waals surface area contributed by atoms with E-state index in [9.17, 15) is 0 Å². The number of hydrogen-bond acceptors (Lipinski definition) is 3. The molecule has 4 nitrogen and oxygen atoms in total. The summed E-state index contributed by atoms with van der Waals surface area (Å²) in [4.78, 5) is 0. The highest BCUT2D eigenvalue weighted by Crippen LogP contribution is 2.12. The Labute approximate surface area is 99.4 Å². The van der Waals surface area contributed by atoms with Crippen molar-refractivity contribution in [3.05, 3.63) is 29.2 Å². The van der Waals surface area contributed by atoms with Crippen LogP contribution in [0.4, 0.5) is 0 Å². The third kappa shape index (κ3) is 2.51. The molecule has 2 aromatic heterocycles. The van der Waals surface area contributed by atoms with Crippen molar-refractivity contribution < 1.29 is 0 Å². The third-order valence-electron chi connectivity index (χ3n) is 2.54. The van der Waals surface area contributed by atoms with E-state index in [0.29, 0.717) is 5.02 Å². The van der Waals surface area contributed by atoms with Gasteiger partial charge in [0, 0.05) is 12.6 Å². The molecular weight excluding hydrogens is 224 g/mol. The number of rotatable bonds is 5. The highest BCUT2D eigenvalue weighted by molar-refractivity contribution is 6.30. The summed E-state index contributed by atoms with van der Waals surface area (Å²) in [6, 6.07) is 3.70. The minimum Gasteiger partial charge on any atom is -0.330 e. The first-order chi connectivity index (χ1) is 7.81. The fourth-order valence-electron chi connectivity index (χ4n) is 1.69. The smallest absolute Gasteiger partial charge is 0.160 e. The number of pyridine rings is 1. The first kappa shape index (κ1) is 11.4. The molecule has 0 amide bonds. The Morgan fingerprint density at radius 1 is 1.19 bits per heavy atom. The summed E-state index contributed by atoms with van der Waals surface area (Å²) in [6.07, 6.45) is 6.06. The molecule has 0 aliphatic heterocycles. The molecule has 5 heteroatoms. The first-order valence-electron chi connectivity index (χ1n) is 5.50. The minimum atomic E-state index is 0.704. The van der Waals surface area contributed by atoms with Crippen molar-refractivity contribution in [1.82, 2.24) is 14.6 Å². The van der Waals surface area contributed by atoms with Gasteiger partial charge in [-0.2, -0.15) is 0 Å². The number of nitrogens with two attached hydrogens (primary N) is 1. The van der Waals surface area contributed by atoms with Crippen molar-refractivity contribution in [1.29, 1.82) is 0 Å². The number of aryl methyl sites for hydroxylation is 1. The van der Waals surface area contributed by atoms with Crippen LogP contribution in [0, 0.1) is 0 Å². The van der Waals surface area contributed by atoms with E-state index >= 15 is 0 Å². The van der Waals surface area contributed by atoms with Gasteiger partial charge >= 0.3 is 0 Å². The van der Waals surface area contributed by atoms with E-state index < -0.39 is 0 Å². The Morgan fingerprint density at radius 2 is 2.06 bits per heavy atom. The van der Waals surface area contributed by atoms with E-state index in [1.165, 1.54) is 0 Å². The van der Waals surface area contributed by atoms with Crippen LogP contribution in [0.25, 0.3) is 5.65 Å². The standard InChI is InChI=1S/C11H15ClN4/c12-9-5-6-11-15-14-10(16(11)8-9)4-2-1-3-7-13/h5-6,8H,1-4,7,13H2. The fraction of sp³-hybridized carbons (Fsp3) is 0.455. The molecule has 0 unspecified atom stereocenters. The highest BCUT2D eigenvalue weighted by atomic mass is 35.5. The molecule has 2 N–H and O–H groups in total. The lowest BCUT2D eigenvalue weighted by Gasteiger charge is -2.00. The van der Waals surface area contributed by atoms with E-state index in [1.54, 1.807) is 0 Å². The van der Waals surface area contributed by atoms with Crippen LogP contribution < -0.4 is 5.73 Å². The summed E-state index contributed by atoms with van der Waals surface area (Å²) < 4.78 is 1.95. The van der Waals surface area contributed by atoms with Crippen LogP contribution in [-0.4, -0.2) is 21.1 Å². The summed E-state index contributed by atoms with van der Waals surface area (Å²) >= 11 is 5.94. The third-order valence-corrected chi connectivity index (χ3v) is 2.76. The average molecular weight is 239 g/mol. The zero-order valence-electron chi connectivity index (χ0n) is 9.06. The molecule has 16 heavy (non-hydrogen) atoms. The molecule has 86 valence electrons. The van der Waals surface area contributed by atoms with Crippen molar-refractivity contribution >= 4 is 17.2 Å². The van der Waals surface area contributed by atoms with Crippen LogP contribution in [0.5, 0.6) is 0 Å². The van der Waals surface area contributed by atoms with Crippen molar-refractivity contribution in [2.75, 3.05) is 6.54 Å². The molecule has 0 bridgehead atoms. The number of fused-ring (bicyclic) bond motifs is 1. The Hall–Kier alpha value is -1.13. The Bertz CT molecular complexity index is 466. The normalized spacial score (nSPS) is 11.1. The molecule has 0 aliphatic carbocycles. The summed E-state index contributed by atoms with van der Waals surface area (Å²) in [5.74, 6) is 0.967. The van der Waals surface area contributed by atoms with E-state index in [4.69, 9.17) is 17.3 Å². The Kier molecular flexibility index (Phi) is 3.74. The maximum absolute atomic E-state index is 5.94. The summed E-state index contributed by atoms with van der Waals surface area (Å²) in [5.41, 5.74) is 6.29. The Balaban J connectivity index is 2.09. The number of hydrogen-bond donors (Lipinski definition) is 1. The van der Waals surface area contributed by atoms with Crippen LogP contribution in [0.3, 0.4) is 0 Å². The topological polar surface area (TPSA) is 56.2 Å². The van der Waals surface area contributed by atoms with Gasteiger partial charge in [-0.3, -0.25) is 4.40 Å². The molecule has 0 fully saturated rings. The second-order valence-corrected chi connectivity index (χ2v) is 4.23. The second-order valence-electron chi connectivity index (χ2n) is 3.79. The van der Waals surface area contributed by atoms with Gasteiger partial charge in [-0.25, -0.2) is 0 Å². The van der Waals surface area contributed by atoms with Gasteiger partial charge in [0.25, 0.3) is 0 Å². The van der Waals surface area contributed by atoms with Crippen molar-refractivity contribution in [3.63, 3.8) is 0 Å². The number of aromatic nitrogens is 3. The lowest BCUT2D eigenvalue weighted by atomic mass is 10.2. The van der Waals surface area contributed by atoms with Gasteiger partial charge in [-0.05, 0) is 31.5 Å². The van der Waals surface area contributed by atoms with Gasteiger partial charge in [-0.15, -0.1) is 10.2 Å². The molecule has 0 radical (unpaired) electrons. The molecule has 0 aromatic carbocycles. The molecule has 0 spiro atoms. The largest absolute Gasteiger partial charge is 0.330 e. The first-order valence-corrected chi connectivity index (χ1v) is 5.88. The van der Waals surface area contributed by atoms with E-state index in [-0.39, 0.29) is 0 Å². The highest BCUT2D eigenvalue weighted by Gasteiger charge is 2.04. The van der Waals surface area contributed by atoms with Crippen molar-refractivity contribution in [2.45, 2.75) is 25.7 Å². The van der Waals surface area contributed by atoms with Gasteiger partial charge in [-0.1, -0.05) is 18.0 Å². The molecule has 2 heterocycles. The van der Waals surface area contributed by atoms with E-state index in [2.05, 4.69) is 10.2 Å². The number of nitrogens with zero attached hydrogens (tertiary/aromatic N) is 3. The summed E-state index contributed by atoms with van der Waals surface area (Å²) in [6.45, 7) is 0.756. The molecule has 0 saturated carbocycles. The zero-order chi connectivity index (χ0) is 11.4. The molecule has 0 saturated heterocycles. The van der Waals surface area contributed by atoms with Gasteiger partial charge in [0.2, 0.25) is 0 Å².